The molecule has 1 N–H and O–H groups in total. The van der Waals surface area contributed by atoms with E-state index < -0.39 is 0 Å². The highest BCUT2D eigenvalue weighted by Crippen LogP contribution is 2.36. The number of aryl methyl sites for hydroxylation is 1. The zero-order chi connectivity index (χ0) is 16.6. The topological polar surface area (TPSA) is 29.1 Å². The zero-order valence-electron chi connectivity index (χ0n) is 13.7. The number of carbonyl (C=O) groups is 1. The smallest absolute Gasteiger partial charge is 0.252 e. The largest absolute Gasteiger partial charge is 0.346 e. The minimum atomic E-state index is -0.208. The number of fused-ring (bicyclic) bond motifs is 1. The lowest BCUT2D eigenvalue weighted by atomic mass is 9.72. The second-order valence-electron chi connectivity index (χ2n) is 7.15. The van der Waals surface area contributed by atoms with Gasteiger partial charge in [0.25, 0.3) is 5.91 Å². The number of amides is 1. The third-order valence-electron chi connectivity index (χ3n) is 5.43. The Morgan fingerprint density at radius 2 is 2.04 bits per heavy atom. The summed E-state index contributed by atoms with van der Waals surface area (Å²) in [6.07, 6.45) is 8.33. The van der Waals surface area contributed by atoms with Crippen LogP contribution in [0.2, 0.25) is 0 Å². The first-order valence-corrected chi connectivity index (χ1v) is 9.69. The molecule has 1 aromatic carbocycles. The van der Waals surface area contributed by atoms with Crippen molar-refractivity contribution in [1.29, 1.82) is 0 Å². The molecule has 2 aromatic rings. The van der Waals surface area contributed by atoms with Crippen molar-refractivity contribution in [2.24, 2.45) is 0 Å². The number of benzene rings is 1. The van der Waals surface area contributed by atoms with Gasteiger partial charge in [-0.15, -0.1) is 11.3 Å². The number of hydrogen-bond acceptors (Lipinski definition) is 2. The fraction of sp³-hybridized carbons (Fsp3) is 0.450. The second kappa shape index (κ2) is 6.32. The van der Waals surface area contributed by atoms with Crippen molar-refractivity contribution in [3.05, 3.63) is 57.0 Å². The lowest BCUT2D eigenvalue weighted by Crippen LogP contribution is -2.55. The highest BCUT2D eigenvalue weighted by Gasteiger charge is 2.39. The Bertz CT molecular complexity index is 763. The van der Waals surface area contributed by atoms with E-state index in [4.69, 9.17) is 0 Å². The van der Waals surface area contributed by atoms with Crippen molar-refractivity contribution in [2.45, 2.75) is 56.9 Å². The molecule has 4 rings (SSSR count). The van der Waals surface area contributed by atoms with Crippen molar-refractivity contribution >= 4 is 17.2 Å². The summed E-state index contributed by atoms with van der Waals surface area (Å²) in [6, 6.07) is 6.74. The Kier molecular flexibility index (Phi) is 4.17. The van der Waals surface area contributed by atoms with Gasteiger partial charge in [-0.2, -0.15) is 0 Å². The molecule has 126 valence electrons. The third-order valence-corrected chi connectivity index (χ3v) is 6.52. The van der Waals surface area contributed by atoms with Crippen LogP contribution in [0.25, 0.3) is 0 Å². The van der Waals surface area contributed by atoms with Gasteiger partial charge in [0.15, 0.2) is 0 Å². The maximum Gasteiger partial charge on any atom is 0.252 e. The van der Waals surface area contributed by atoms with E-state index in [1.54, 1.807) is 23.5 Å². The van der Waals surface area contributed by atoms with Gasteiger partial charge < -0.3 is 5.32 Å². The molecule has 1 amide bonds. The molecule has 2 aliphatic carbocycles. The van der Waals surface area contributed by atoms with E-state index >= 15 is 0 Å². The second-order valence-corrected chi connectivity index (χ2v) is 8.12. The van der Waals surface area contributed by atoms with Crippen LogP contribution in [0.4, 0.5) is 4.39 Å². The van der Waals surface area contributed by atoms with Crippen molar-refractivity contribution in [3.8, 4) is 0 Å². The third kappa shape index (κ3) is 3.00. The summed E-state index contributed by atoms with van der Waals surface area (Å²) in [5, 5.41) is 5.32. The first kappa shape index (κ1) is 15.8. The molecule has 24 heavy (non-hydrogen) atoms. The summed E-state index contributed by atoms with van der Waals surface area (Å²) in [7, 11) is 0. The number of rotatable bonds is 4. The van der Waals surface area contributed by atoms with Crippen LogP contribution in [-0.2, 0) is 19.3 Å². The SMILES string of the molecule is O=C(NC1(Cc2cccc(F)c2)CCC1)c1csc2c1CCCC2. The fourth-order valence-electron chi connectivity index (χ4n) is 3.98. The first-order chi connectivity index (χ1) is 11.7. The summed E-state index contributed by atoms with van der Waals surface area (Å²) in [5.74, 6) is -0.147. The van der Waals surface area contributed by atoms with E-state index in [0.717, 1.165) is 43.2 Å². The van der Waals surface area contributed by atoms with Crippen molar-refractivity contribution in [1.82, 2.24) is 5.32 Å². The van der Waals surface area contributed by atoms with E-state index in [0.29, 0.717) is 6.42 Å². The van der Waals surface area contributed by atoms with Crippen LogP contribution >= 0.6 is 11.3 Å². The van der Waals surface area contributed by atoms with E-state index in [-0.39, 0.29) is 17.3 Å². The normalized spacial score (nSPS) is 18.5. The minimum absolute atomic E-state index is 0.0607. The standard InChI is InChI=1S/C20H22FNOS/c21-15-6-3-5-14(11-15)12-20(9-4-10-20)22-19(23)17-13-24-18-8-2-1-7-16(17)18/h3,5-6,11,13H,1-2,4,7-10,12H2,(H,22,23). The molecule has 0 spiro atoms. The molecular formula is C20H22FNOS. The van der Waals surface area contributed by atoms with Crippen LogP contribution in [0.1, 0.15) is 58.5 Å². The number of hydrogen-bond donors (Lipinski definition) is 1. The Morgan fingerprint density at radius 1 is 1.21 bits per heavy atom. The summed E-state index contributed by atoms with van der Waals surface area (Å²) >= 11 is 1.73. The Balaban J connectivity index is 1.52. The number of carbonyl (C=O) groups excluding carboxylic acids is 1. The minimum Gasteiger partial charge on any atom is -0.346 e. The summed E-state index contributed by atoms with van der Waals surface area (Å²) in [4.78, 5) is 14.3. The number of thiophene rings is 1. The van der Waals surface area contributed by atoms with Gasteiger partial charge in [-0.25, -0.2) is 4.39 Å². The lowest BCUT2D eigenvalue weighted by molar-refractivity contribution is 0.0826. The Labute approximate surface area is 146 Å². The molecule has 1 saturated carbocycles. The Morgan fingerprint density at radius 3 is 2.79 bits per heavy atom. The quantitative estimate of drug-likeness (QED) is 0.859. The Hall–Kier alpha value is -1.68. The molecule has 1 fully saturated rings. The predicted molar refractivity (Wildman–Crippen MR) is 95.1 cm³/mol. The highest BCUT2D eigenvalue weighted by atomic mass is 32.1. The molecule has 1 heterocycles. The van der Waals surface area contributed by atoms with Crippen LogP contribution in [0.5, 0.6) is 0 Å². The predicted octanol–water partition coefficient (Wildman–Crippen LogP) is 4.66. The molecule has 1 aromatic heterocycles. The van der Waals surface area contributed by atoms with Gasteiger partial charge >= 0.3 is 0 Å². The van der Waals surface area contributed by atoms with Crippen LogP contribution in [0, 0.1) is 5.82 Å². The van der Waals surface area contributed by atoms with Gasteiger partial charge in [-0.1, -0.05) is 12.1 Å². The van der Waals surface area contributed by atoms with Gasteiger partial charge in [0.05, 0.1) is 5.56 Å². The monoisotopic (exact) mass is 343 g/mol. The summed E-state index contributed by atoms with van der Waals surface area (Å²) in [5.41, 5.74) is 2.90. The maximum absolute atomic E-state index is 13.5. The molecule has 0 aliphatic heterocycles. The number of nitrogens with one attached hydrogen (secondary N) is 1. The van der Waals surface area contributed by atoms with Crippen LogP contribution < -0.4 is 5.32 Å². The molecule has 4 heteroatoms. The van der Waals surface area contributed by atoms with Gasteiger partial charge in [0, 0.05) is 15.8 Å². The van der Waals surface area contributed by atoms with Crippen LogP contribution in [0.15, 0.2) is 29.6 Å². The van der Waals surface area contributed by atoms with Crippen molar-refractivity contribution in [2.75, 3.05) is 0 Å². The van der Waals surface area contributed by atoms with Gasteiger partial charge in [0.2, 0.25) is 0 Å². The van der Waals surface area contributed by atoms with Gasteiger partial charge in [-0.05, 0) is 74.6 Å². The average molecular weight is 343 g/mol. The first-order valence-electron chi connectivity index (χ1n) is 8.81. The van der Waals surface area contributed by atoms with E-state index in [9.17, 15) is 9.18 Å². The average Bonchev–Trinajstić information content (AvgIpc) is 2.97. The zero-order valence-corrected chi connectivity index (χ0v) is 14.6. The maximum atomic E-state index is 13.5. The molecule has 0 bridgehead atoms. The molecular weight excluding hydrogens is 321 g/mol. The molecule has 0 atom stereocenters. The van der Waals surface area contributed by atoms with Crippen molar-refractivity contribution < 1.29 is 9.18 Å². The van der Waals surface area contributed by atoms with Crippen LogP contribution in [-0.4, -0.2) is 11.4 Å². The van der Waals surface area contributed by atoms with Crippen molar-refractivity contribution in [3.63, 3.8) is 0 Å². The van der Waals surface area contributed by atoms with Gasteiger partial charge in [0.1, 0.15) is 5.82 Å². The molecule has 2 nitrogen and oxygen atoms in total. The fourth-order valence-corrected chi connectivity index (χ4v) is 5.11. The molecule has 0 unspecified atom stereocenters. The van der Waals surface area contributed by atoms with E-state index in [2.05, 4.69) is 5.32 Å². The molecule has 2 aliphatic rings. The number of halogens is 1. The summed E-state index contributed by atoms with van der Waals surface area (Å²) in [6.45, 7) is 0. The summed E-state index contributed by atoms with van der Waals surface area (Å²) < 4.78 is 13.5. The molecule has 0 radical (unpaired) electrons. The lowest BCUT2D eigenvalue weighted by Gasteiger charge is -2.43. The van der Waals surface area contributed by atoms with Crippen LogP contribution in [0.3, 0.4) is 0 Å². The van der Waals surface area contributed by atoms with E-state index in [1.807, 2.05) is 11.4 Å². The molecule has 0 saturated heterocycles. The highest BCUT2D eigenvalue weighted by molar-refractivity contribution is 7.10. The van der Waals surface area contributed by atoms with E-state index in [1.165, 1.54) is 29.3 Å². The van der Waals surface area contributed by atoms with Gasteiger partial charge in [-0.3, -0.25) is 4.79 Å².